The molecule has 1 fully saturated rings. The van der Waals surface area contributed by atoms with E-state index in [-0.39, 0.29) is 5.54 Å². The van der Waals surface area contributed by atoms with E-state index in [1.807, 2.05) is 0 Å². The van der Waals surface area contributed by atoms with Gasteiger partial charge in [0.25, 0.3) is 0 Å². The van der Waals surface area contributed by atoms with Gasteiger partial charge in [0.15, 0.2) is 0 Å². The van der Waals surface area contributed by atoms with E-state index in [4.69, 9.17) is 0 Å². The van der Waals surface area contributed by atoms with Gasteiger partial charge >= 0.3 is 0 Å². The monoisotopic (exact) mass is 280 g/mol. The van der Waals surface area contributed by atoms with E-state index in [2.05, 4.69) is 64.8 Å². The third-order valence-corrected chi connectivity index (χ3v) is 4.52. The molecule has 0 radical (unpaired) electrons. The maximum Gasteiger partial charge on any atom is 0.0440 e. The normalized spacial score (nSPS) is 22.8. The number of rotatable bonds is 5. The van der Waals surface area contributed by atoms with Crippen molar-refractivity contribution in [3.63, 3.8) is 0 Å². The molecule has 0 saturated carbocycles. The third kappa shape index (κ3) is 4.89. The Labute approximate surface area is 127 Å². The van der Waals surface area contributed by atoms with Crippen LogP contribution in [0.15, 0.2) is 12.2 Å². The van der Waals surface area contributed by atoms with Crippen LogP contribution in [0, 0.1) is 11.8 Å². The summed E-state index contributed by atoms with van der Waals surface area (Å²) in [5.74, 6) is 1.36. The highest BCUT2D eigenvalue weighted by atomic mass is 15.3. The molecular formula is C18H36N2. The molecule has 0 aromatic heterocycles. The van der Waals surface area contributed by atoms with Crippen LogP contribution in [0.4, 0.5) is 0 Å². The molecule has 1 saturated heterocycles. The molecule has 2 heteroatoms. The summed E-state index contributed by atoms with van der Waals surface area (Å²) in [5, 5.41) is 0. The van der Waals surface area contributed by atoms with Crippen LogP contribution in [0.5, 0.6) is 0 Å². The van der Waals surface area contributed by atoms with Crippen molar-refractivity contribution >= 4 is 0 Å². The predicted octanol–water partition coefficient (Wildman–Crippen LogP) is 4.03. The van der Waals surface area contributed by atoms with E-state index >= 15 is 0 Å². The van der Waals surface area contributed by atoms with Gasteiger partial charge in [-0.3, -0.25) is 4.90 Å². The van der Waals surface area contributed by atoms with Gasteiger partial charge < -0.3 is 4.90 Å². The van der Waals surface area contributed by atoms with Crippen molar-refractivity contribution in [2.45, 2.75) is 66.5 Å². The Balaban J connectivity index is 2.76. The molecular weight excluding hydrogens is 244 g/mol. The molecule has 2 nitrogen and oxygen atoms in total. The fourth-order valence-corrected chi connectivity index (χ4v) is 2.99. The van der Waals surface area contributed by atoms with E-state index in [0.29, 0.717) is 12.0 Å². The molecule has 0 aromatic carbocycles. The van der Waals surface area contributed by atoms with E-state index in [1.54, 1.807) is 0 Å². The fraction of sp³-hybridized carbons (Fsp3) is 0.889. The molecule has 118 valence electrons. The second-order valence-electron chi connectivity index (χ2n) is 8.09. The van der Waals surface area contributed by atoms with E-state index in [0.717, 1.165) is 19.0 Å². The maximum absolute atomic E-state index is 4.40. The molecule has 1 rings (SSSR count). The summed E-state index contributed by atoms with van der Waals surface area (Å²) < 4.78 is 0. The summed E-state index contributed by atoms with van der Waals surface area (Å²) in [6.07, 6.45) is 1.30. The third-order valence-electron chi connectivity index (χ3n) is 4.52. The van der Waals surface area contributed by atoms with Crippen LogP contribution in [0.2, 0.25) is 0 Å². The first-order valence-corrected chi connectivity index (χ1v) is 8.30. The zero-order valence-electron chi connectivity index (χ0n) is 14.9. The van der Waals surface area contributed by atoms with Gasteiger partial charge in [-0.25, -0.2) is 0 Å². The van der Waals surface area contributed by atoms with Gasteiger partial charge in [-0.05, 0) is 45.6 Å². The first-order chi connectivity index (χ1) is 9.12. The fourth-order valence-electron chi connectivity index (χ4n) is 2.99. The van der Waals surface area contributed by atoms with Crippen LogP contribution in [0.1, 0.15) is 54.9 Å². The van der Waals surface area contributed by atoms with E-state index in [1.165, 1.54) is 25.1 Å². The number of hydrogen-bond acceptors (Lipinski definition) is 2. The van der Waals surface area contributed by atoms with Gasteiger partial charge in [0.05, 0.1) is 0 Å². The average Bonchev–Trinajstić information content (AvgIpc) is 2.33. The molecule has 0 unspecified atom stereocenters. The molecule has 0 amide bonds. The number of piperazine rings is 1. The maximum atomic E-state index is 4.40. The van der Waals surface area contributed by atoms with Crippen LogP contribution >= 0.6 is 0 Å². The van der Waals surface area contributed by atoms with Gasteiger partial charge in [-0.2, -0.15) is 0 Å². The Hall–Kier alpha value is -0.340. The van der Waals surface area contributed by atoms with Crippen LogP contribution in [-0.4, -0.2) is 47.6 Å². The van der Waals surface area contributed by atoms with E-state index < -0.39 is 0 Å². The highest BCUT2D eigenvalue weighted by Gasteiger charge is 2.35. The van der Waals surface area contributed by atoms with Gasteiger partial charge in [0.2, 0.25) is 0 Å². The lowest BCUT2D eigenvalue weighted by Crippen LogP contribution is -2.60. The molecule has 20 heavy (non-hydrogen) atoms. The first-order valence-electron chi connectivity index (χ1n) is 8.30. The van der Waals surface area contributed by atoms with Gasteiger partial charge in [-0.15, -0.1) is 0 Å². The summed E-state index contributed by atoms with van der Waals surface area (Å²) in [7, 11) is 0. The van der Waals surface area contributed by atoms with E-state index in [9.17, 15) is 0 Å². The quantitative estimate of drug-likeness (QED) is 0.702. The Morgan fingerprint density at radius 3 is 2.20 bits per heavy atom. The number of nitrogens with zero attached hydrogens (tertiary/aromatic N) is 2. The van der Waals surface area contributed by atoms with Gasteiger partial charge in [-0.1, -0.05) is 39.8 Å². The standard InChI is InChI=1S/C18H36N2/c1-14(2)9-10-19-11-12-20(18(6,7)8)17(13-19)16(5)15(3)4/h14-15,17H,5,9-13H2,1-4,6-8H3/t17-/m0/s1. The van der Waals surface area contributed by atoms with Crippen molar-refractivity contribution in [3.8, 4) is 0 Å². The van der Waals surface area contributed by atoms with Crippen LogP contribution in [0.3, 0.4) is 0 Å². The lowest BCUT2D eigenvalue weighted by molar-refractivity contribution is 0.0210. The minimum Gasteiger partial charge on any atom is -0.300 e. The summed E-state index contributed by atoms with van der Waals surface area (Å²) in [6.45, 7) is 25.3. The topological polar surface area (TPSA) is 6.48 Å². The summed E-state index contributed by atoms with van der Waals surface area (Å²) in [6, 6.07) is 0.510. The zero-order valence-corrected chi connectivity index (χ0v) is 14.9. The van der Waals surface area contributed by atoms with Gasteiger partial charge in [0, 0.05) is 31.2 Å². The second kappa shape index (κ2) is 7.09. The molecule has 0 bridgehead atoms. The van der Waals surface area contributed by atoms with Crippen LogP contribution in [0.25, 0.3) is 0 Å². The van der Waals surface area contributed by atoms with Crippen LogP contribution in [-0.2, 0) is 0 Å². The second-order valence-corrected chi connectivity index (χ2v) is 8.09. The SMILES string of the molecule is C=C(C(C)C)[C@@H]1CN(CCC(C)C)CCN1C(C)(C)C. The summed E-state index contributed by atoms with van der Waals surface area (Å²) >= 11 is 0. The first kappa shape index (κ1) is 17.7. The molecule has 1 aliphatic rings. The Morgan fingerprint density at radius 2 is 1.75 bits per heavy atom. The summed E-state index contributed by atoms with van der Waals surface area (Å²) in [4.78, 5) is 5.29. The number of hydrogen-bond donors (Lipinski definition) is 0. The highest BCUT2D eigenvalue weighted by molar-refractivity contribution is 5.13. The predicted molar refractivity (Wildman–Crippen MR) is 90.1 cm³/mol. The van der Waals surface area contributed by atoms with Gasteiger partial charge in [0.1, 0.15) is 0 Å². The van der Waals surface area contributed by atoms with Crippen molar-refractivity contribution in [3.05, 3.63) is 12.2 Å². The molecule has 0 aromatic rings. The lowest BCUT2D eigenvalue weighted by Gasteiger charge is -2.49. The molecule has 1 aliphatic heterocycles. The minimum atomic E-state index is 0.229. The van der Waals surface area contributed by atoms with Crippen molar-refractivity contribution < 1.29 is 0 Å². The van der Waals surface area contributed by atoms with Crippen molar-refractivity contribution in [2.75, 3.05) is 26.2 Å². The molecule has 1 atom stereocenters. The smallest absolute Gasteiger partial charge is 0.0440 e. The Morgan fingerprint density at radius 1 is 1.15 bits per heavy atom. The Bertz CT molecular complexity index is 312. The molecule has 1 heterocycles. The zero-order chi connectivity index (χ0) is 15.5. The Kier molecular flexibility index (Phi) is 6.27. The largest absolute Gasteiger partial charge is 0.300 e. The van der Waals surface area contributed by atoms with Crippen molar-refractivity contribution in [1.29, 1.82) is 0 Å². The van der Waals surface area contributed by atoms with Crippen molar-refractivity contribution in [2.24, 2.45) is 11.8 Å². The molecule has 0 aliphatic carbocycles. The average molecular weight is 280 g/mol. The molecule has 0 N–H and O–H groups in total. The van der Waals surface area contributed by atoms with Crippen molar-refractivity contribution in [1.82, 2.24) is 9.80 Å². The van der Waals surface area contributed by atoms with Crippen LogP contribution < -0.4 is 0 Å². The highest BCUT2D eigenvalue weighted by Crippen LogP contribution is 2.28. The lowest BCUT2D eigenvalue weighted by atomic mass is 9.90. The summed E-state index contributed by atoms with van der Waals surface area (Å²) in [5.41, 5.74) is 1.63. The molecule has 0 spiro atoms. The minimum absolute atomic E-state index is 0.229.